The molecule has 86 valence electrons. The average molecular weight is 219 g/mol. The number of likely N-dealkylation sites (tertiary alicyclic amines) is 1. The van der Waals surface area contributed by atoms with Crippen molar-refractivity contribution in [2.75, 3.05) is 13.1 Å². The number of aryl methyl sites for hydroxylation is 1. The third-order valence-corrected chi connectivity index (χ3v) is 3.08. The van der Waals surface area contributed by atoms with Gasteiger partial charge in [0, 0.05) is 18.7 Å². The number of amides is 1. The molecule has 1 aliphatic rings. The van der Waals surface area contributed by atoms with Gasteiger partial charge in [0.25, 0.3) is 5.91 Å². The van der Waals surface area contributed by atoms with Crippen molar-refractivity contribution < 1.29 is 9.90 Å². The minimum Gasteiger partial charge on any atom is -0.508 e. The number of carbonyl (C=O) groups excluding carboxylic acids is 1. The molecule has 0 bridgehead atoms. The summed E-state index contributed by atoms with van der Waals surface area (Å²) < 4.78 is 0. The molecule has 1 aromatic rings. The van der Waals surface area contributed by atoms with Crippen LogP contribution in [0.2, 0.25) is 0 Å². The van der Waals surface area contributed by atoms with Crippen LogP contribution in [0.1, 0.15) is 35.2 Å². The molecule has 0 spiro atoms. The molecule has 0 radical (unpaired) electrons. The summed E-state index contributed by atoms with van der Waals surface area (Å²) in [5.74, 6) is 0.310. The molecule has 1 saturated heterocycles. The predicted molar refractivity (Wildman–Crippen MR) is 62.6 cm³/mol. The van der Waals surface area contributed by atoms with Crippen LogP contribution in [0.4, 0.5) is 0 Å². The highest BCUT2D eigenvalue weighted by molar-refractivity contribution is 5.95. The Hall–Kier alpha value is -1.51. The molecule has 1 heterocycles. The average Bonchev–Trinajstić information content (AvgIpc) is 2.29. The lowest BCUT2D eigenvalue weighted by Crippen LogP contribution is -2.35. The molecule has 1 amide bonds. The molecule has 1 aliphatic heterocycles. The van der Waals surface area contributed by atoms with E-state index in [1.54, 1.807) is 18.2 Å². The molecule has 16 heavy (non-hydrogen) atoms. The van der Waals surface area contributed by atoms with Gasteiger partial charge in [0.15, 0.2) is 0 Å². The zero-order chi connectivity index (χ0) is 11.5. The minimum absolute atomic E-state index is 0.0946. The second-order valence-corrected chi connectivity index (χ2v) is 4.35. The van der Waals surface area contributed by atoms with E-state index in [9.17, 15) is 9.90 Å². The van der Waals surface area contributed by atoms with E-state index in [4.69, 9.17) is 0 Å². The standard InChI is InChI=1S/C13H17NO2/c1-10-9-11(15)5-6-12(10)13(16)14-7-3-2-4-8-14/h5-6,9,15H,2-4,7-8H2,1H3. The van der Waals surface area contributed by atoms with Crippen molar-refractivity contribution in [1.82, 2.24) is 4.90 Å². The summed E-state index contributed by atoms with van der Waals surface area (Å²) in [7, 11) is 0. The molecule has 0 saturated carbocycles. The van der Waals surface area contributed by atoms with Gasteiger partial charge in [-0.25, -0.2) is 0 Å². The Labute approximate surface area is 95.7 Å². The molecule has 0 unspecified atom stereocenters. The van der Waals surface area contributed by atoms with E-state index >= 15 is 0 Å². The Morgan fingerprint density at radius 1 is 1.25 bits per heavy atom. The van der Waals surface area contributed by atoms with Gasteiger partial charge in [-0.15, -0.1) is 0 Å². The fourth-order valence-corrected chi connectivity index (χ4v) is 2.16. The SMILES string of the molecule is Cc1cc(O)ccc1C(=O)N1CCCCC1. The third kappa shape index (κ3) is 2.18. The number of aromatic hydroxyl groups is 1. The van der Waals surface area contributed by atoms with Gasteiger partial charge in [0.05, 0.1) is 0 Å². The maximum absolute atomic E-state index is 12.2. The topological polar surface area (TPSA) is 40.5 Å². The molecule has 3 nitrogen and oxygen atoms in total. The number of phenols is 1. The normalized spacial score (nSPS) is 16.2. The second kappa shape index (κ2) is 4.56. The van der Waals surface area contributed by atoms with Gasteiger partial charge in [0.2, 0.25) is 0 Å². The van der Waals surface area contributed by atoms with Crippen LogP contribution in [0.3, 0.4) is 0 Å². The Morgan fingerprint density at radius 3 is 2.56 bits per heavy atom. The van der Waals surface area contributed by atoms with E-state index in [2.05, 4.69) is 0 Å². The summed E-state index contributed by atoms with van der Waals surface area (Å²) in [6, 6.07) is 4.92. The lowest BCUT2D eigenvalue weighted by Gasteiger charge is -2.27. The first-order valence-electron chi connectivity index (χ1n) is 5.77. The smallest absolute Gasteiger partial charge is 0.254 e. The number of piperidine rings is 1. The molecule has 1 N–H and O–H groups in total. The summed E-state index contributed by atoms with van der Waals surface area (Å²) in [6.07, 6.45) is 3.42. The van der Waals surface area contributed by atoms with Gasteiger partial charge in [-0.05, 0) is 49.9 Å². The first-order chi connectivity index (χ1) is 7.68. The van der Waals surface area contributed by atoms with Crippen LogP contribution in [-0.2, 0) is 0 Å². The Balaban J connectivity index is 2.19. The molecule has 1 fully saturated rings. The van der Waals surface area contributed by atoms with Gasteiger partial charge in [-0.2, -0.15) is 0 Å². The molecular formula is C13H17NO2. The number of hydrogen-bond acceptors (Lipinski definition) is 2. The van der Waals surface area contributed by atoms with Crippen molar-refractivity contribution in [2.45, 2.75) is 26.2 Å². The Kier molecular flexibility index (Phi) is 3.13. The van der Waals surface area contributed by atoms with Crippen LogP contribution >= 0.6 is 0 Å². The number of phenolic OH excluding ortho intramolecular Hbond substituents is 1. The van der Waals surface area contributed by atoms with Gasteiger partial charge >= 0.3 is 0 Å². The zero-order valence-electron chi connectivity index (χ0n) is 9.57. The Bertz CT molecular complexity index is 395. The second-order valence-electron chi connectivity index (χ2n) is 4.35. The maximum Gasteiger partial charge on any atom is 0.254 e. The molecule has 0 aliphatic carbocycles. The van der Waals surface area contributed by atoms with Crippen molar-refractivity contribution in [1.29, 1.82) is 0 Å². The number of hydrogen-bond donors (Lipinski definition) is 1. The summed E-state index contributed by atoms with van der Waals surface area (Å²) >= 11 is 0. The van der Waals surface area contributed by atoms with Crippen LogP contribution in [-0.4, -0.2) is 29.0 Å². The summed E-state index contributed by atoms with van der Waals surface area (Å²) in [6.45, 7) is 3.58. The van der Waals surface area contributed by atoms with Gasteiger partial charge in [-0.1, -0.05) is 0 Å². The molecule has 2 rings (SSSR count). The van der Waals surface area contributed by atoms with Crippen LogP contribution in [0.25, 0.3) is 0 Å². The van der Waals surface area contributed by atoms with E-state index in [1.807, 2.05) is 11.8 Å². The minimum atomic E-state index is 0.0946. The first-order valence-corrected chi connectivity index (χ1v) is 5.77. The number of rotatable bonds is 1. The third-order valence-electron chi connectivity index (χ3n) is 3.08. The van der Waals surface area contributed by atoms with E-state index in [0.717, 1.165) is 31.5 Å². The quantitative estimate of drug-likeness (QED) is 0.787. The first kappa shape index (κ1) is 11.0. The Morgan fingerprint density at radius 2 is 1.94 bits per heavy atom. The summed E-state index contributed by atoms with van der Waals surface area (Å²) in [5, 5.41) is 9.30. The van der Waals surface area contributed by atoms with Crippen LogP contribution < -0.4 is 0 Å². The van der Waals surface area contributed by atoms with E-state index in [-0.39, 0.29) is 11.7 Å². The number of carbonyl (C=O) groups is 1. The predicted octanol–water partition coefficient (Wildman–Crippen LogP) is 2.33. The summed E-state index contributed by atoms with van der Waals surface area (Å²) in [5.41, 5.74) is 1.55. The molecular weight excluding hydrogens is 202 g/mol. The number of nitrogens with zero attached hydrogens (tertiary/aromatic N) is 1. The molecule has 0 atom stereocenters. The van der Waals surface area contributed by atoms with Gasteiger partial charge in [-0.3, -0.25) is 4.79 Å². The van der Waals surface area contributed by atoms with Gasteiger partial charge in [0.1, 0.15) is 5.75 Å². The highest BCUT2D eigenvalue weighted by atomic mass is 16.3. The van der Waals surface area contributed by atoms with Crippen molar-refractivity contribution >= 4 is 5.91 Å². The molecule has 0 aromatic heterocycles. The van der Waals surface area contributed by atoms with Crippen molar-refractivity contribution in [2.24, 2.45) is 0 Å². The van der Waals surface area contributed by atoms with E-state index in [1.165, 1.54) is 6.42 Å². The lowest BCUT2D eigenvalue weighted by atomic mass is 10.0. The maximum atomic E-state index is 12.2. The van der Waals surface area contributed by atoms with Crippen LogP contribution in [0.15, 0.2) is 18.2 Å². The lowest BCUT2D eigenvalue weighted by molar-refractivity contribution is 0.0723. The zero-order valence-corrected chi connectivity index (χ0v) is 9.57. The largest absolute Gasteiger partial charge is 0.508 e. The molecule has 3 heteroatoms. The fourth-order valence-electron chi connectivity index (χ4n) is 2.16. The van der Waals surface area contributed by atoms with Gasteiger partial charge < -0.3 is 10.0 Å². The summed E-state index contributed by atoms with van der Waals surface area (Å²) in [4.78, 5) is 14.1. The monoisotopic (exact) mass is 219 g/mol. The highest BCUT2D eigenvalue weighted by Crippen LogP contribution is 2.19. The van der Waals surface area contributed by atoms with Crippen molar-refractivity contribution in [3.8, 4) is 5.75 Å². The van der Waals surface area contributed by atoms with Crippen LogP contribution in [0.5, 0.6) is 5.75 Å². The highest BCUT2D eigenvalue weighted by Gasteiger charge is 2.19. The molecule has 1 aromatic carbocycles. The fraction of sp³-hybridized carbons (Fsp3) is 0.462. The van der Waals surface area contributed by atoms with Crippen molar-refractivity contribution in [3.05, 3.63) is 29.3 Å². The van der Waals surface area contributed by atoms with Crippen LogP contribution in [0, 0.1) is 6.92 Å². The number of benzene rings is 1. The van der Waals surface area contributed by atoms with E-state index < -0.39 is 0 Å². The van der Waals surface area contributed by atoms with E-state index in [0.29, 0.717) is 5.56 Å². The van der Waals surface area contributed by atoms with Crippen molar-refractivity contribution in [3.63, 3.8) is 0 Å².